The molecule has 43 heavy (non-hydrogen) atoms. The van der Waals surface area contributed by atoms with Crippen molar-refractivity contribution >= 4 is 11.9 Å². The topological polar surface area (TPSA) is 47.1 Å². The maximum atomic E-state index is 14.0. The molecule has 0 bridgehead atoms. The second-order valence-electron chi connectivity index (χ2n) is 11.7. The normalized spacial score (nSPS) is 20.9. The van der Waals surface area contributed by atoms with Crippen LogP contribution in [0.25, 0.3) is 0 Å². The molecule has 2 aromatic rings. The van der Waals surface area contributed by atoms with Crippen LogP contribution in [-0.2, 0) is 17.1 Å². The molecule has 236 valence electrons. The standard InChI is InChI=1S/C30H35F7N4O2/c1-17-10-22(31)6-7-24(17)26-16-40(23-14-41(15-23)28(43)38(3)4)9-8-25(26)27(42)39(5)18(2)19-11-20(29(32,33)34)13-21(12-19)30(35,36)37/h6-7,10-13,18,23,25-26H,8-9,14-16H2,1-5H3/t18-,25-,26+/m0/s1. The number of likely N-dealkylation sites (tertiary alicyclic amines) is 2. The van der Waals surface area contributed by atoms with Gasteiger partial charge in [-0.05, 0) is 73.8 Å². The third-order valence-corrected chi connectivity index (χ3v) is 8.65. The predicted octanol–water partition coefficient (Wildman–Crippen LogP) is 6.16. The monoisotopic (exact) mass is 616 g/mol. The Morgan fingerprint density at radius 2 is 1.49 bits per heavy atom. The van der Waals surface area contributed by atoms with Gasteiger partial charge in [0.15, 0.2) is 0 Å². The van der Waals surface area contributed by atoms with Crippen LogP contribution in [0, 0.1) is 18.7 Å². The van der Waals surface area contributed by atoms with Crippen LogP contribution < -0.4 is 0 Å². The van der Waals surface area contributed by atoms with Gasteiger partial charge in [0.05, 0.1) is 17.2 Å². The highest BCUT2D eigenvalue weighted by Crippen LogP contribution is 2.41. The van der Waals surface area contributed by atoms with E-state index in [1.165, 1.54) is 35.9 Å². The van der Waals surface area contributed by atoms with Gasteiger partial charge in [-0.2, -0.15) is 26.3 Å². The van der Waals surface area contributed by atoms with E-state index in [9.17, 15) is 40.3 Å². The molecular formula is C30H35F7N4O2. The van der Waals surface area contributed by atoms with Crippen LogP contribution in [0.5, 0.6) is 0 Å². The summed E-state index contributed by atoms with van der Waals surface area (Å²) in [5, 5.41) is 0. The second-order valence-corrected chi connectivity index (χ2v) is 11.7. The lowest BCUT2D eigenvalue weighted by Crippen LogP contribution is -2.64. The lowest BCUT2D eigenvalue weighted by atomic mass is 9.77. The Kier molecular flexibility index (Phi) is 9.07. The number of rotatable bonds is 5. The van der Waals surface area contributed by atoms with Gasteiger partial charge < -0.3 is 14.7 Å². The number of carbonyl (C=O) groups is 2. The Morgan fingerprint density at radius 1 is 0.907 bits per heavy atom. The number of hydrogen-bond acceptors (Lipinski definition) is 3. The van der Waals surface area contributed by atoms with Crippen LogP contribution in [0.4, 0.5) is 35.5 Å². The number of aryl methyl sites for hydroxylation is 1. The van der Waals surface area contributed by atoms with Crippen molar-refractivity contribution in [2.45, 2.75) is 50.6 Å². The minimum Gasteiger partial charge on any atom is -0.339 e. The molecule has 0 radical (unpaired) electrons. The number of carbonyl (C=O) groups excluding carboxylic acids is 2. The van der Waals surface area contributed by atoms with E-state index in [1.54, 1.807) is 32.0 Å². The fourth-order valence-corrected chi connectivity index (χ4v) is 6.00. The van der Waals surface area contributed by atoms with Gasteiger partial charge in [0.1, 0.15) is 5.82 Å². The summed E-state index contributed by atoms with van der Waals surface area (Å²) in [4.78, 5) is 32.8. The van der Waals surface area contributed by atoms with Crippen molar-refractivity contribution in [3.8, 4) is 0 Å². The molecule has 4 rings (SSSR count). The molecule has 2 heterocycles. The summed E-state index contributed by atoms with van der Waals surface area (Å²) in [5.74, 6) is -1.93. The van der Waals surface area contributed by atoms with Crippen molar-refractivity contribution in [1.82, 2.24) is 19.6 Å². The Balaban J connectivity index is 1.61. The molecule has 3 amide bonds. The second kappa shape index (κ2) is 12.0. The molecule has 0 aromatic heterocycles. The Bertz CT molecular complexity index is 1320. The summed E-state index contributed by atoms with van der Waals surface area (Å²) < 4.78 is 95.0. The number of urea groups is 1. The first kappa shape index (κ1) is 32.6. The molecule has 2 saturated heterocycles. The molecule has 6 nitrogen and oxygen atoms in total. The number of alkyl halides is 6. The first-order chi connectivity index (χ1) is 19.9. The van der Waals surface area contributed by atoms with Crippen LogP contribution in [0.1, 0.15) is 53.1 Å². The molecule has 0 aliphatic carbocycles. The smallest absolute Gasteiger partial charge is 0.339 e. The fourth-order valence-electron chi connectivity index (χ4n) is 6.00. The average Bonchev–Trinajstić information content (AvgIpc) is 2.89. The van der Waals surface area contributed by atoms with Gasteiger partial charge in [-0.15, -0.1) is 0 Å². The van der Waals surface area contributed by atoms with Gasteiger partial charge in [-0.1, -0.05) is 6.07 Å². The highest BCUT2D eigenvalue weighted by Gasteiger charge is 2.44. The maximum absolute atomic E-state index is 14.0. The summed E-state index contributed by atoms with van der Waals surface area (Å²) in [7, 11) is 4.71. The van der Waals surface area contributed by atoms with E-state index < -0.39 is 53.1 Å². The third-order valence-electron chi connectivity index (χ3n) is 8.65. The van der Waals surface area contributed by atoms with E-state index in [2.05, 4.69) is 4.90 Å². The molecule has 2 aliphatic rings. The maximum Gasteiger partial charge on any atom is 0.416 e. The van der Waals surface area contributed by atoms with Crippen molar-refractivity contribution in [1.29, 1.82) is 0 Å². The molecule has 0 saturated carbocycles. The summed E-state index contributed by atoms with van der Waals surface area (Å²) in [6.07, 6.45) is -9.65. The number of amides is 3. The van der Waals surface area contributed by atoms with Crippen molar-refractivity contribution in [3.63, 3.8) is 0 Å². The van der Waals surface area contributed by atoms with Crippen molar-refractivity contribution < 1.29 is 40.3 Å². The van der Waals surface area contributed by atoms with Gasteiger partial charge >= 0.3 is 18.4 Å². The van der Waals surface area contributed by atoms with Crippen molar-refractivity contribution in [3.05, 3.63) is 70.0 Å². The lowest BCUT2D eigenvalue weighted by molar-refractivity contribution is -0.143. The molecule has 2 aliphatic heterocycles. The Labute approximate surface area is 246 Å². The zero-order valence-corrected chi connectivity index (χ0v) is 24.6. The van der Waals surface area contributed by atoms with Crippen molar-refractivity contribution in [2.24, 2.45) is 5.92 Å². The van der Waals surface area contributed by atoms with Crippen LogP contribution in [-0.4, -0.2) is 84.9 Å². The molecule has 0 N–H and O–H groups in total. The first-order valence-electron chi connectivity index (χ1n) is 13.9. The number of benzene rings is 2. The minimum absolute atomic E-state index is 0.0609. The van der Waals surface area contributed by atoms with Gasteiger partial charge in [-0.3, -0.25) is 9.69 Å². The van der Waals surface area contributed by atoms with Gasteiger partial charge in [-0.25, -0.2) is 9.18 Å². The molecule has 2 aromatic carbocycles. The molecule has 0 unspecified atom stereocenters. The molecule has 0 spiro atoms. The summed E-state index contributed by atoms with van der Waals surface area (Å²) >= 11 is 0. The fraction of sp³-hybridized carbons (Fsp3) is 0.533. The van der Waals surface area contributed by atoms with E-state index in [0.717, 1.165) is 5.56 Å². The van der Waals surface area contributed by atoms with Crippen LogP contribution in [0.15, 0.2) is 36.4 Å². The Hall–Kier alpha value is -3.35. The zero-order chi connectivity index (χ0) is 32.0. The van der Waals surface area contributed by atoms with Gasteiger partial charge in [0, 0.05) is 58.7 Å². The Morgan fingerprint density at radius 3 is 2.00 bits per heavy atom. The van der Waals surface area contributed by atoms with Crippen LogP contribution in [0.2, 0.25) is 0 Å². The molecular weight excluding hydrogens is 581 g/mol. The summed E-state index contributed by atoms with van der Waals surface area (Å²) in [5.41, 5.74) is -1.80. The average molecular weight is 617 g/mol. The molecule has 3 atom stereocenters. The zero-order valence-electron chi connectivity index (χ0n) is 24.6. The van der Waals surface area contributed by atoms with E-state index in [4.69, 9.17) is 0 Å². The third kappa shape index (κ3) is 6.91. The first-order valence-corrected chi connectivity index (χ1v) is 13.9. The number of piperidine rings is 1. The largest absolute Gasteiger partial charge is 0.416 e. The van der Waals surface area contributed by atoms with E-state index in [1.807, 2.05) is 0 Å². The van der Waals surface area contributed by atoms with E-state index >= 15 is 0 Å². The summed E-state index contributed by atoms with van der Waals surface area (Å²) in [6.45, 7) is 5.07. The number of hydrogen-bond donors (Lipinski definition) is 0. The number of halogens is 7. The molecule has 2 fully saturated rings. The lowest BCUT2D eigenvalue weighted by Gasteiger charge is -2.50. The van der Waals surface area contributed by atoms with Crippen LogP contribution >= 0.6 is 0 Å². The predicted molar refractivity (Wildman–Crippen MR) is 146 cm³/mol. The minimum atomic E-state index is -5.01. The van der Waals surface area contributed by atoms with Crippen molar-refractivity contribution in [2.75, 3.05) is 47.3 Å². The SMILES string of the molecule is Cc1cc(F)ccc1[C@H]1CN(C2CN(C(=O)N(C)C)C2)CC[C@@H]1C(=O)N(C)[C@@H](C)c1cc(C(F)(F)F)cc(C(F)(F)F)c1. The quantitative estimate of drug-likeness (QED) is 0.378. The number of nitrogens with zero attached hydrogens (tertiary/aromatic N) is 4. The van der Waals surface area contributed by atoms with Gasteiger partial charge in [0.25, 0.3) is 0 Å². The molecule has 13 heteroatoms. The summed E-state index contributed by atoms with van der Waals surface area (Å²) in [6, 6.07) is 4.50. The van der Waals surface area contributed by atoms with Gasteiger partial charge in [0.2, 0.25) is 5.91 Å². The van der Waals surface area contributed by atoms with E-state index in [0.29, 0.717) is 50.3 Å². The highest BCUT2D eigenvalue weighted by molar-refractivity contribution is 5.80. The highest BCUT2D eigenvalue weighted by atomic mass is 19.4. The van der Waals surface area contributed by atoms with Crippen LogP contribution in [0.3, 0.4) is 0 Å². The van der Waals surface area contributed by atoms with E-state index in [-0.39, 0.29) is 23.7 Å².